The van der Waals surface area contributed by atoms with Crippen molar-refractivity contribution < 1.29 is 9.53 Å². The van der Waals surface area contributed by atoms with Gasteiger partial charge in [0.15, 0.2) is 0 Å². The van der Waals surface area contributed by atoms with E-state index >= 15 is 0 Å². The Labute approximate surface area is 149 Å². The average molecular weight is 342 g/mol. The molecule has 1 aromatic carbocycles. The molecule has 3 rings (SSSR count). The second kappa shape index (κ2) is 6.78. The molecule has 1 aliphatic rings. The molecule has 0 radical (unpaired) electrons. The van der Waals surface area contributed by atoms with Crippen LogP contribution < -0.4 is 14.5 Å². The van der Waals surface area contributed by atoms with Gasteiger partial charge in [-0.3, -0.25) is 9.48 Å². The molecule has 134 valence electrons. The lowest BCUT2D eigenvalue weighted by atomic mass is 10.1. The standard InChI is InChI=1S/C19H26N4O2/c1-6-9-23-14(3)18(13(2)20-23)19(24)22-10-11-25-17-12-15(21(4)5)7-8-16(17)22/h7-8,12H,6,9-11H2,1-5H3. The molecule has 0 bridgehead atoms. The zero-order valence-electron chi connectivity index (χ0n) is 15.7. The van der Waals surface area contributed by atoms with Gasteiger partial charge in [0.05, 0.1) is 23.5 Å². The normalized spacial score (nSPS) is 13.4. The average Bonchev–Trinajstić information content (AvgIpc) is 2.87. The van der Waals surface area contributed by atoms with Crippen molar-refractivity contribution in [1.82, 2.24) is 9.78 Å². The number of hydrogen-bond acceptors (Lipinski definition) is 4. The van der Waals surface area contributed by atoms with Gasteiger partial charge in [-0.15, -0.1) is 0 Å². The van der Waals surface area contributed by atoms with E-state index < -0.39 is 0 Å². The minimum atomic E-state index is -0.000457. The number of carbonyl (C=O) groups is 1. The van der Waals surface area contributed by atoms with Gasteiger partial charge in [-0.2, -0.15) is 5.10 Å². The number of aryl methyl sites for hydroxylation is 2. The second-order valence-electron chi connectivity index (χ2n) is 6.62. The maximum atomic E-state index is 13.2. The summed E-state index contributed by atoms with van der Waals surface area (Å²) in [5.74, 6) is 0.751. The zero-order valence-corrected chi connectivity index (χ0v) is 15.7. The topological polar surface area (TPSA) is 50.6 Å². The van der Waals surface area contributed by atoms with Crippen LogP contribution in [0.4, 0.5) is 11.4 Å². The van der Waals surface area contributed by atoms with E-state index in [1.54, 1.807) is 0 Å². The number of aromatic nitrogens is 2. The Morgan fingerprint density at radius 1 is 1.32 bits per heavy atom. The fourth-order valence-corrected chi connectivity index (χ4v) is 3.27. The van der Waals surface area contributed by atoms with Crippen LogP contribution in [0, 0.1) is 13.8 Å². The fourth-order valence-electron chi connectivity index (χ4n) is 3.27. The highest BCUT2D eigenvalue weighted by atomic mass is 16.5. The molecule has 2 aromatic rings. The van der Waals surface area contributed by atoms with E-state index in [0.717, 1.165) is 41.5 Å². The van der Waals surface area contributed by atoms with Crippen LogP contribution in [0.5, 0.6) is 5.75 Å². The molecule has 0 aliphatic carbocycles. The van der Waals surface area contributed by atoms with Crippen LogP contribution in [-0.2, 0) is 6.54 Å². The number of nitrogens with zero attached hydrogens (tertiary/aromatic N) is 4. The molecule has 6 nitrogen and oxygen atoms in total. The van der Waals surface area contributed by atoms with Gasteiger partial charge in [0.25, 0.3) is 5.91 Å². The van der Waals surface area contributed by atoms with Crippen molar-refractivity contribution in [2.45, 2.75) is 33.7 Å². The first-order valence-electron chi connectivity index (χ1n) is 8.74. The van der Waals surface area contributed by atoms with Gasteiger partial charge in [0.1, 0.15) is 12.4 Å². The highest BCUT2D eigenvalue weighted by molar-refractivity contribution is 6.08. The van der Waals surface area contributed by atoms with E-state index in [9.17, 15) is 4.79 Å². The monoisotopic (exact) mass is 342 g/mol. The van der Waals surface area contributed by atoms with Crippen molar-refractivity contribution in [3.63, 3.8) is 0 Å². The summed E-state index contributed by atoms with van der Waals surface area (Å²) in [4.78, 5) is 17.1. The van der Waals surface area contributed by atoms with Crippen molar-refractivity contribution in [3.8, 4) is 5.75 Å². The van der Waals surface area contributed by atoms with Crippen LogP contribution in [0.15, 0.2) is 18.2 Å². The summed E-state index contributed by atoms with van der Waals surface area (Å²) < 4.78 is 7.72. The van der Waals surface area contributed by atoms with Crippen LogP contribution in [0.2, 0.25) is 0 Å². The number of fused-ring (bicyclic) bond motifs is 1. The van der Waals surface area contributed by atoms with Gasteiger partial charge in [-0.1, -0.05) is 6.92 Å². The fraction of sp³-hybridized carbons (Fsp3) is 0.474. The molecule has 0 N–H and O–H groups in total. The summed E-state index contributed by atoms with van der Waals surface area (Å²) >= 11 is 0. The third-order valence-corrected chi connectivity index (χ3v) is 4.60. The predicted octanol–water partition coefficient (Wildman–Crippen LogP) is 3.02. The van der Waals surface area contributed by atoms with Crippen LogP contribution in [0.25, 0.3) is 0 Å². The highest BCUT2D eigenvalue weighted by Crippen LogP contribution is 2.36. The molecular formula is C19H26N4O2. The van der Waals surface area contributed by atoms with Gasteiger partial charge >= 0.3 is 0 Å². The third-order valence-electron chi connectivity index (χ3n) is 4.60. The third kappa shape index (κ3) is 3.08. The Kier molecular flexibility index (Phi) is 4.70. The van der Waals surface area contributed by atoms with Crippen molar-refractivity contribution in [1.29, 1.82) is 0 Å². The Morgan fingerprint density at radius 2 is 2.08 bits per heavy atom. The van der Waals surface area contributed by atoms with Gasteiger partial charge in [-0.25, -0.2) is 0 Å². The lowest BCUT2D eigenvalue weighted by Crippen LogP contribution is -2.38. The number of carbonyl (C=O) groups excluding carboxylic acids is 1. The first kappa shape index (κ1) is 17.3. The summed E-state index contributed by atoms with van der Waals surface area (Å²) in [5.41, 5.74) is 4.30. The van der Waals surface area contributed by atoms with Crippen molar-refractivity contribution in [2.24, 2.45) is 0 Å². The summed E-state index contributed by atoms with van der Waals surface area (Å²) in [5, 5.41) is 4.54. The summed E-state index contributed by atoms with van der Waals surface area (Å²) in [6.45, 7) is 7.86. The molecule has 6 heteroatoms. The molecule has 1 aromatic heterocycles. The Hall–Kier alpha value is -2.50. The van der Waals surface area contributed by atoms with Gasteiger partial charge in [-0.05, 0) is 32.4 Å². The minimum absolute atomic E-state index is 0.000457. The Morgan fingerprint density at radius 3 is 2.76 bits per heavy atom. The number of amides is 1. The maximum Gasteiger partial charge on any atom is 0.262 e. The van der Waals surface area contributed by atoms with Crippen LogP contribution in [0.3, 0.4) is 0 Å². The quantitative estimate of drug-likeness (QED) is 0.857. The highest BCUT2D eigenvalue weighted by Gasteiger charge is 2.29. The zero-order chi connectivity index (χ0) is 18.1. The summed E-state index contributed by atoms with van der Waals surface area (Å²) in [6, 6.07) is 5.95. The largest absolute Gasteiger partial charge is 0.489 e. The Balaban J connectivity index is 1.98. The first-order chi connectivity index (χ1) is 11.9. The van der Waals surface area contributed by atoms with Gasteiger partial charge in [0, 0.05) is 38.1 Å². The molecule has 0 atom stereocenters. The number of benzene rings is 1. The van der Waals surface area contributed by atoms with Gasteiger partial charge in [0.2, 0.25) is 0 Å². The first-order valence-corrected chi connectivity index (χ1v) is 8.74. The van der Waals surface area contributed by atoms with Gasteiger partial charge < -0.3 is 14.5 Å². The number of hydrogen-bond donors (Lipinski definition) is 0. The van der Waals surface area contributed by atoms with Crippen molar-refractivity contribution in [2.75, 3.05) is 37.0 Å². The smallest absolute Gasteiger partial charge is 0.262 e. The minimum Gasteiger partial charge on any atom is -0.489 e. The molecule has 1 amide bonds. The summed E-state index contributed by atoms with van der Waals surface area (Å²) in [6.07, 6.45) is 0.989. The molecular weight excluding hydrogens is 316 g/mol. The van der Waals surface area contributed by atoms with E-state index in [2.05, 4.69) is 12.0 Å². The molecule has 0 spiro atoms. The molecule has 0 saturated carbocycles. The summed E-state index contributed by atoms with van der Waals surface area (Å²) in [7, 11) is 3.98. The number of ether oxygens (including phenoxy) is 1. The van der Waals surface area contributed by atoms with E-state index in [1.165, 1.54) is 0 Å². The number of anilines is 2. The molecule has 0 fully saturated rings. The lowest BCUT2D eigenvalue weighted by Gasteiger charge is -2.30. The predicted molar refractivity (Wildman–Crippen MR) is 99.9 cm³/mol. The Bertz CT molecular complexity index is 795. The van der Waals surface area contributed by atoms with Crippen molar-refractivity contribution >= 4 is 17.3 Å². The second-order valence-corrected chi connectivity index (χ2v) is 6.62. The molecule has 0 saturated heterocycles. The van der Waals surface area contributed by atoms with E-state index in [-0.39, 0.29) is 5.91 Å². The van der Waals surface area contributed by atoms with Crippen molar-refractivity contribution in [3.05, 3.63) is 35.2 Å². The van der Waals surface area contributed by atoms with E-state index in [4.69, 9.17) is 4.74 Å². The molecule has 0 unspecified atom stereocenters. The van der Waals surface area contributed by atoms with E-state index in [0.29, 0.717) is 18.7 Å². The van der Waals surface area contributed by atoms with Crippen LogP contribution in [-0.4, -0.2) is 42.9 Å². The molecule has 2 heterocycles. The number of rotatable bonds is 4. The van der Waals surface area contributed by atoms with E-state index in [1.807, 2.05) is 60.6 Å². The maximum absolute atomic E-state index is 13.2. The lowest BCUT2D eigenvalue weighted by molar-refractivity contribution is 0.0975. The molecule has 25 heavy (non-hydrogen) atoms. The SMILES string of the molecule is CCCn1nc(C)c(C(=O)N2CCOc3cc(N(C)C)ccc32)c1C. The van der Waals surface area contributed by atoms with Crippen LogP contribution >= 0.6 is 0 Å². The molecule has 1 aliphatic heterocycles. The van der Waals surface area contributed by atoms with Crippen LogP contribution in [0.1, 0.15) is 35.1 Å².